The Morgan fingerprint density at radius 2 is 1.60 bits per heavy atom. The van der Waals surface area contributed by atoms with E-state index in [1.54, 1.807) is 16.7 Å². The molecule has 0 atom stereocenters. The fourth-order valence-corrected chi connectivity index (χ4v) is 7.24. The molecule has 0 fully saturated rings. The van der Waals surface area contributed by atoms with Crippen molar-refractivity contribution in [2.45, 2.75) is 53.0 Å². The van der Waals surface area contributed by atoms with Crippen LogP contribution in [0.2, 0.25) is 0 Å². The molecule has 0 amide bonds. The van der Waals surface area contributed by atoms with E-state index in [-0.39, 0.29) is 8.40 Å². The third kappa shape index (κ3) is 2.48. The maximum atomic E-state index is 2.64. The molecule has 1 aromatic heterocycles. The summed E-state index contributed by atoms with van der Waals surface area (Å²) in [6, 6.07) is 1.38. The molecule has 84 valence electrons. The molecule has 15 heavy (non-hydrogen) atoms. The van der Waals surface area contributed by atoms with Crippen molar-refractivity contribution in [1.82, 2.24) is 0 Å². The lowest BCUT2D eigenvalue weighted by Gasteiger charge is -2.18. The van der Waals surface area contributed by atoms with Gasteiger partial charge in [0.15, 0.2) is 0 Å². The van der Waals surface area contributed by atoms with Gasteiger partial charge in [-0.25, -0.2) is 0 Å². The number of rotatable bonds is 4. The summed E-state index contributed by atoms with van der Waals surface area (Å²) in [4.78, 5) is 1.86. The van der Waals surface area contributed by atoms with Gasteiger partial charge in [0.05, 0.1) is 0 Å². The molecule has 1 heterocycles. The summed E-state index contributed by atoms with van der Waals surface area (Å²) in [7, 11) is 1.01. The second-order valence-electron chi connectivity index (χ2n) is 4.19. The normalized spacial score (nSPS) is 10.9. The standard InChI is InChI=1S/C13H24Si2/c1-5-10-9-15(8-4)13(14)12(7-3)11(10)6-2/h9H,5-8H2,1-4,14H3. The van der Waals surface area contributed by atoms with Gasteiger partial charge in [-0.15, -0.1) is 0 Å². The van der Waals surface area contributed by atoms with Crippen molar-refractivity contribution >= 4 is 23.4 Å². The molecule has 0 radical (unpaired) electrons. The molecule has 1 aromatic rings. The molecule has 0 spiro atoms. The van der Waals surface area contributed by atoms with Crippen molar-refractivity contribution in [3.05, 3.63) is 22.4 Å². The van der Waals surface area contributed by atoms with Crippen LogP contribution in [0.15, 0.2) is 5.68 Å². The van der Waals surface area contributed by atoms with Gasteiger partial charge in [0, 0.05) is 18.6 Å². The molecular weight excluding hydrogens is 212 g/mol. The highest BCUT2D eigenvalue weighted by molar-refractivity contribution is 6.71. The van der Waals surface area contributed by atoms with E-state index in [4.69, 9.17) is 0 Å². The van der Waals surface area contributed by atoms with Crippen molar-refractivity contribution in [2.75, 3.05) is 0 Å². The molecule has 2 heteroatoms. The second-order valence-corrected chi connectivity index (χ2v) is 8.99. The van der Waals surface area contributed by atoms with Gasteiger partial charge in [-0.3, -0.25) is 0 Å². The molecule has 0 aliphatic heterocycles. The highest BCUT2D eigenvalue weighted by atomic mass is 28.3. The first-order chi connectivity index (χ1) is 7.19. The topological polar surface area (TPSA) is 0 Å². The number of hydrogen-bond donors (Lipinski definition) is 0. The van der Waals surface area contributed by atoms with Crippen LogP contribution in [-0.2, 0) is 25.3 Å². The molecule has 1 rings (SSSR count). The third-order valence-electron chi connectivity index (χ3n) is 3.50. The van der Waals surface area contributed by atoms with Crippen LogP contribution < -0.4 is 4.80 Å². The fraction of sp³-hybridized carbons (Fsp3) is 0.615. The summed E-state index contributed by atoms with van der Waals surface area (Å²) >= 11 is 0. The maximum absolute atomic E-state index is 2.64. The van der Waals surface area contributed by atoms with Crippen molar-refractivity contribution < 1.29 is 0 Å². The Morgan fingerprint density at radius 3 is 2.00 bits per heavy atom. The summed E-state index contributed by atoms with van der Waals surface area (Å²) in [5, 5.41) is 0. The summed E-state index contributed by atoms with van der Waals surface area (Å²) in [6.07, 6.45) is 3.72. The molecule has 0 bridgehead atoms. The lowest BCUT2D eigenvalue weighted by Crippen LogP contribution is -2.28. The minimum absolute atomic E-state index is 0.270. The van der Waals surface area contributed by atoms with Crippen LogP contribution in [0.25, 0.3) is 0 Å². The molecule has 0 aliphatic carbocycles. The van der Waals surface area contributed by atoms with Gasteiger partial charge in [0.2, 0.25) is 0 Å². The zero-order valence-corrected chi connectivity index (χ0v) is 13.9. The summed E-state index contributed by atoms with van der Waals surface area (Å²) < 4.78 is 0. The average molecular weight is 237 g/mol. The third-order valence-corrected chi connectivity index (χ3v) is 8.76. The molecule has 0 unspecified atom stereocenters. The van der Waals surface area contributed by atoms with Crippen molar-refractivity contribution in [3.8, 4) is 0 Å². The SMILES string of the molecule is CCc1c[si](CC)c([SiH3])c(CC)c1CC. The van der Waals surface area contributed by atoms with E-state index in [1.807, 2.05) is 4.80 Å². The quantitative estimate of drug-likeness (QED) is 0.694. The van der Waals surface area contributed by atoms with Crippen LogP contribution >= 0.6 is 0 Å². The minimum Gasteiger partial charge on any atom is -0.0816 e. The Hall–Kier alpha value is -0.216. The van der Waals surface area contributed by atoms with Gasteiger partial charge in [-0.05, 0) is 36.4 Å². The van der Waals surface area contributed by atoms with Gasteiger partial charge in [-0.2, -0.15) is 0 Å². The highest BCUT2D eigenvalue weighted by Crippen LogP contribution is 2.15. The first kappa shape index (κ1) is 12.9. The molecule has 0 nitrogen and oxygen atoms in total. The van der Waals surface area contributed by atoms with Crippen molar-refractivity contribution in [3.63, 3.8) is 0 Å². The Bertz CT molecular complexity index is 343. The van der Waals surface area contributed by atoms with Crippen molar-refractivity contribution in [1.29, 1.82) is 0 Å². The number of aryl methyl sites for hydroxylation is 2. The summed E-state index contributed by atoms with van der Waals surface area (Å²) in [5.41, 5.74) is 7.75. The minimum atomic E-state index is -0.270. The Kier molecular flexibility index (Phi) is 4.93. The van der Waals surface area contributed by atoms with E-state index in [0.717, 1.165) is 0 Å². The zero-order valence-electron chi connectivity index (χ0n) is 10.9. The Morgan fingerprint density at radius 1 is 1.00 bits per heavy atom. The van der Waals surface area contributed by atoms with Gasteiger partial charge in [0.1, 0.15) is 0 Å². The summed E-state index contributed by atoms with van der Waals surface area (Å²) in [6.45, 7) is 9.31. The summed E-state index contributed by atoms with van der Waals surface area (Å²) in [5.74, 6) is 0. The first-order valence-electron chi connectivity index (χ1n) is 6.32. The largest absolute Gasteiger partial charge is 0.0816 e. The Balaban J connectivity index is 3.43. The van der Waals surface area contributed by atoms with Crippen LogP contribution in [-0.4, -0.2) is 18.6 Å². The van der Waals surface area contributed by atoms with E-state index >= 15 is 0 Å². The van der Waals surface area contributed by atoms with Crippen molar-refractivity contribution in [2.24, 2.45) is 0 Å². The average Bonchev–Trinajstić information content (AvgIpc) is 2.28. The molecule has 0 saturated heterocycles. The van der Waals surface area contributed by atoms with Gasteiger partial charge >= 0.3 is 0 Å². The fourth-order valence-electron chi connectivity index (χ4n) is 2.62. The monoisotopic (exact) mass is 236 g/mol. The van der Waals surface area contributed by atoms with E-state index in [0.29, 0.717) is 0 Å². The van der Waals surface area contributed by atoms with Crippen LogP contribution in [0, 0.1) is 0 Å². The lowest BCUT2D eigenvalue weighted by molar-refractivity contribution is 0.994. The van der Waals surface area contributed by atoms with Crippen LogP contribution in [0.4, 0.5) is 0 Å². The number of hydrogen-bond acceptors (Lipinski definition) is 0. The van der Waals surface area contributed by atoms with Gasteiger partial charge in [0.25, 0.3) is 0 Å². The molecule has 0 saturated carbocycles. The van der Waals surface area contributed by atoms with Crippen LogP contribution in [0.1, 0.15) is 44.4 Å². The molecular formula is C13H24Si2. The lowest BCUT2D eigenvalue weighted by atomic mass is 10.0. The van der Waals surface area contributed by atoms with E-state index < -0.39 is 0 Å². The maximum Gasteiger partial charge on any atom is 0.0355 e. The zero-order chi connectivity index (χ0) is 11.4. The van der Waals surface area contributed by atoms with E-state index in [1.165, 1.54) is 35.5 Å². The highest BCUT2D eigenvalue weighted by Gasteiger charge is 2.11. The predicted octanol–water partition coefficient (Wildman–Crippen LogP) is 1.41. The molecule has 0 N–H and O–H groups in total. The van der Waals surface area contributed by atoms with Gasteiger partial charge < -0.3 is 0 Å². The first-order valence-corrected chi connectivity index (χ1v) is 9.10. The molecule has 0 aliphatic rings. The van der Waals surface area contributed by atoms with Crippen LogP contribution in [0.5, 0.6) is 0 Å². The smallest absolute Gasteiger partial charge is 0.0355 e. The predicted molar refractivity (Wildman–Crippen MR) is 75.8 cm³/mol. The Labute approximate surface area is 99.1 Å². The van der Waals surface area contributed by atoms with Crippen LogP contribution in [0.3, 0.4) is 0 Å². The second kappa shape index (κ2) is 5.76. The van der Waals surface area contributed by atoms with E-state index in [9.17, 15) is 0 Å². The van der Waals surface area contributed by atoms with Gasteiger partial charge in [-0.1, -0.05) is 43.7 Å². The molecule has 0 aromatic carbocycles. The van der Waals surface area contributed by atoms with E-state index in [2.05, 4.69) is 33.4 Å².